The van der Waals surface area contributed by atoms with Gasteiger partial charge in [0.2, 0.25) is 0 Å². The van der Waals surface area contributed by atoms with E-state index in [9.17, 15) is 9.90 Å². The van der Waals surface area contributed by atoms with E-state index in [1.807, 2.05) is 0 Å². The molecule has 0 spiro atoms. The maximum absolute atomic E-state index is 10.2. The summed E-state index contributed by atoms with van der Waals surface area (Å²) < 4.78 is 0. The third kappa shape index (κ3) is 7.35. The molecular formula is C11H17NO2. The summed E-state index contributed by atoms with van der Waals surface area (Å²) in [6, 6.07) is 2.34. The second-order valence-corrected chi connectivity index (χ2v) is 3.17. The summed E-state index contributed by atoms with van der Waals surface area (Å²) in [6.45, 7) is 6.02. The fourth-order valence-corrected chi connectivity index (χ4v) is 0.991. The Balaban J connectivity index is 3.43. The minimum absolute atomic E-state index is 0.182. The topological polar surface area (TPSA) is 44.5 Å². The Morgan fingerprint density at radius 3 is 2.57 bits per heavy atom. The molecule has 0 rings (SSSR count). The average molecular weight is 195 g/mol. The number of hydrogen-bond acceptors (Lipinski definition) is 2. The zero-order valence-corrected chi connectivity index (χ0v) is 8.71. The molecule has 0 atom stereocenters. The Labute approximate surface area is 85.3 Å². The molecule has 0 aromatic heterocycles. The second kappa shape index (κ2) is 8.31. The van der Waals surface area contributed by atoms with Crippen LogP contribution in [0, 0.1) is 6.07 Å². The Bertz CT molecular complexity index is 248. The van der Waals surface area contributed by atoms with Crippen LogP contribution in [-0.2, 0) is 4.79 Å². The highest BCUT2D eigenvalue weighted by atomic mass is 16.4. The third-order valence-electron chi connectivity index (χ3n) is 1.83. The highest BCUT2D eigenvalue weighted by Gasteiger charge is 1.97. The van der Waals surface area contributed by atoms with Gasteiger partial charge in [-0.25, -0.2) is 0 Å². The molecule has 14 heavy (non-hydrogen) atoms. The van der Waals surface area contributed by atoms with Crippen molar-refractivity contribution in [3.63, 3.8) is 0 Å². The van der Waals surface area contributed by atoms with Crippen molar-refractivity contribution >= 4 is 5.97 Å². The van der Waals surface area contributed by atoms with Gasteiger partial charge in [-0.1, -0.05) is 37.6 Å². The van der Waals surface area contributed by atoms with Crippen molar-refractivity contribution in [2.24, 2.45) is 0 Å². The SMILES string of the molecule is C=C(C#[N+]CCCCCCC)C(=O)[O-]. The van der Waals surface area contributed by atoms with Gasteiger partial charge in [0.1, 0.15) is 5.57 Å². The highest BCUT2D eigenvalue weighted by molar-refractivity contribution is 5.88. The summed E-state index contributed by atoms with van der Waals surface area (Å²) in [6.07, 6.45) is 5.80. The maximum Gasteiger partial charge on any atom is 0.312 e. The molecule has 0 N–H and O–H groups in total. The normalized spacial score (nSPS) is 8.93. The Morgan fingerprint density at radius 1 is 1.36 bits per heavy atom. The maximum atomic E-state index is 10.2. The molecule has 0 fully saturated rings. The predicted octanol–water partition coefficient (Wildman–Crippen LogP) is 1.60. The number of carboxylic acid groups (broad SMARTS) is 1. The van der Waals surface area contributed by atoms with E-state index in [-0.39, 0.29) is 5.57 Å². The molecule has 0 saturated heterocycles. The van der Waals surface area contributed by atoms with Gasteiger partial charge in [-0.2, -0.15) is 0 Å². The molecule has 0 bridgehead atoms. The third-order valence-corrected chi connectivity index (χ3v) is 1.83. The summed E-state index contributed by atoms with van der Waals surface area (Å²) in [5, 5.41) is 10.2. The number of hydrogen-bond donors (Lipinski definition) is 0. The molecule has 0 aromatic carbocycles. The molecule has 0 aliphatic heterocycles. The van der Waals surface area contributed by atoms with Gasteiger partial charge >= 0.3 is 6.07 Å². The predicted molar refractivity (Wildman–Crippen MR) is 55.0 cm³/mol. The average Bonchev–Trinajstić information content (AvgIpc) is 2.16. The van der Waals surface area contributed by atoms with Crippen LogP contribution in [0.2, 0.25) is 0 Å². The van der Waals surface area contributed by atoms with E-state index >= 15 is 0 Å². The van der Waals surface area contributed by atoms with Crippen LogP contribution >= 0.6 is 0 Å². The highest BCUT2D eigenvalue weighted by Crippen LogP contribution is 2.02. The van der Waals surface area contributed by atoms with E-state index in [0.29, 0.717) is 6.54 Å². The molecular weight excluding hydrogens is 178 g/mol. The fourth-order valence-electron chi connectivity index (χ4n) is 0.991. The molecule has 0 radical (unpaired) electrons. The van der Waals surface area contributed by atoms with E-state index in [1.54, 1.807) is 0 Å². The van der Waals surface area contributed by atoms with Gasteiger partial charge < -0.3 is 9.90 Å². The first-order valence-corrected chi connectivity index (χ1v) is 5.01. The lowest BCUT2D eigenvalue weighted by Crippen LogP contribution is -2.22. The van der Waals surface area contributed by atoms with E-state index < -0.39 is 5.97 Å². The van der Waals surface area contributed by atoms with Gasteiger partial charge in [-0.15, -0.1) is 0 Å². The van der Waals surface area contributed by atoms with Gasteiger partial charge in [0.05, 0.1) is 5.97 Å². The van der Waals surface area contributed by atoms with E-state index in [1.165, 1.54) is 19.3 Å². The van der Waals surface area contributed by atoms with Gasteiger partial charge in [0.15, 0.2) is 0 Å². The van der Waals surface area contributed by atoms with E-state index in [2.05, 4.69) is 24.4 Å². The monoisotopic (exact) mass is 195 g/mol. The van der Waals surface area contributed by atoms with E-state index in [4.69, 9.17) is 0 Å². The first-order valence-electron chi connectivity index (χ1n) is 5.01. The molecule has 0 aromatic rings. The molecule has 0 saturated carbocycles. The summed E-state index contributed by atoms with van der Waals surface area (Å²) in [4.78, 5) is 14.0. The van der Waals surface area contributed by atoms with Crippen molar-refractivity contribution in [2.75, 3.05) is 6.54 Å². The van der Waals surface area contributed by atoms with Crippen LogP contribution in [-0.4, -0.2) is 12.5 Å². The lowest BCUT2D eigenvalue weighted by atomic mass is 10.2. The molecule has 0 aliphatic rings. The fraction of sp³-hybridized carbons (Fsp3) is 0.636. The molecule has 0 heterocycles. The minimum atomic E-state index is -1.31. The van der Waals surface area contributed by atoms with Gasteiger partial charge in [-0.3, -0.25) is 0 Å². The Morgan fingerprint density at radius 2 is 2.00 bits per heavy atom. The van der Waals surface area contributed by atoms with Gasteiger partial charge in [0.25, 0.3) is 6.54 Å². The first-order chi connectivity index (χ1) is 6.68. The van der Waals surface area contributed by atoms with Crippen molar-refractivity contribution in [3.8, 4) is 6.07 Å². The molecule has 0 unspecified atom stereocenters. The largest absolute Gasteiger partial charge is 0.544 e. The number of unbranched alkanes of at least 4 members (excludes halogenated alkanes) is 4. The van der Waals surface area contributed by atoms with Crippen molar-refractivity contribution in [2.45, 2.75) is 39.0 Å². The summed E-state index contributed by atoms with van der Waals surface area (Å²) in [5.41, 5.74) is -0.182. The van der Waals surface area contributed by atoms with Crippen LogP contribution in [0.5, 0.6) is 0 Å². The number of carboxylic acids is 1. The van der Waals surface area contributed by atoms with Crippen LogP contribution in [0.3, 0.4) is 0 Å². The molecule has 3 heteroatoms. The van der Waals surface area contributed by atoms with Crippen LogP contribution in [0.25, 0.3) is 4.85 Å². The van der Waals surface area contributed by atoms with Crippen molar-refractivity contribution < 1.29 is 9.90 Å². The lowest BCUT2D eigenvalue weighted by molar-refractivity contribution is -0.298. The van der Waals surface area contributed by atoms with Gasteiger partial charge in [-0.05, 0) is 6.42 Å². The second-order valence-electron chi connectivity index (χ2n) is 3.17. The molecule has 78 valence electrons. The van der Waals surface area contributed by atoms with Crippen LogP contribution in [0.1, 0.15) is 39.0 Å². The quantitative estimate of drug-likeness (QED) is 0.367. The number of nitrogens with zero attached hydrogens (tertiary/aromatic N) is 1. The lowest BCUT2D eigenvalue weighted by Gasteiger charge is -1.91. The van der Waals surface area contributed by atoms with Crippen molar-refractivity contribution in [1.82, 2.24) is 0 Å². The number of carbonyl (C=O) groups is 1. The van der Waals surface area contributed by atoms with Crippen molar-refractivity contribution in [1.29, 1.82) is 0 Å². The summed E-state index contributed by atoms with van der Waals surface area (Å²) in [7, 11) is 0. The smallest absolute Gasteiger partial charge is 0.312 e. The van der Waals surface area contributed by atoms with Crippen LogP contribution < -0.4 is 5.11 Å². The Kier molecular flexibility index (Phi) is 7.53. The summed E-state index contributed by atoms with van der Waals surface area (Å²) >= 11 is 0. The zero-order chi connectivity index (χ0) is 10.8. The van der Waals surface area contributed by atoms with Crippen LogP contribution in [0.4, 0.5) is 0 Å². The first kappa shape index (κ1) is 12.7. The zero-order valence-electron chi connectivity index (χ0n) is 8.71. The standard InChI is InChI=1S/C11H17NO2/c1-3-4-5-6-7-8-12-9-10(2)11(13)14/h2-8H2,1H3. The molecule has 0 aliphatic carbocycles. The minimum Gasteiger partial charge on any atom is -0.544 e. The van der Waals surface area contributed by atoms with Gasteiger partial charge in [0, 0.05) is 6.42 Å². The number of aliphatic carboxylic acids is 1. The number of carbonyl (C=O) groups excluding carboxylic acids is 1. The molecule has 0 amide bonds. The number of rotatable bonds is 6. The van der Waals surface area contributed by atoms with Crippen molar-refractivity contribution in [3.05, 3.63) is 17.0 Å². The van der Waals surface area contributed by atoms with E-state index in [0.717, 1.165) is 12.8 Å². The molecule has 3 nitrogen and oxygen atoms in total. The van der Waals surface area contributed by atoms with Crippen LogP contribution in [0.15, 0.2) is 12.2 Å². The Hall–Kier alpha value is -1.30. The summed E-state index contributed by atoms with van der Waals surface area (Å²) in [5.74, 6) is -1.31.